The normalized spacial score (nSPS) is 22.6. The van der Waals surface area contributed by atoms with Gasteiger partial charge in [0.15, 0.2) is 0 Å². The minimum Gasteiger partial charge on any atom is -0.338 e. The number of amides is 2. The zero-order chi connectivity index (χ0) is 20.9. The van der Waals surface area contributed by atoms with Gasteiger partial charge in [-0.1, -0.05) is 12.1 Å². The Kier molecular flexibility index (Phi) is 8.27. The van der Waals surface area contributed by atoms with Gasteiger partial charge in [-0.25, -0.2) is 13.6 Å². The number of halogens is 3. The fourth-order valence-corrected chi connectivity index (χ4v) is 5.05. The molecule has 1 saturated carbocycles. The van der Waals surface area contributed by atoms with E-state index in [0.29, 0.717) is 24.2 Å². The van der Waals surface area contributed by atoms with E-state index in [1.165, 1.54) is 37.0 Å². The fourth-order valence-electron chi connectivity index (χ4n) is 5.05. The number of urea groups is 1. The predicted molar refractivity (Wildman–Crippen MR) is 122 cm³/mol. The van der Waals surface area contributed by atoms with Crippen molar-refractivity contribution in [2.24, 2.45) is 11.8 Å². The van der Waals surface area contributed by atoms with E-state index in [9.17, 15) is 13.6 Å². The molecule has 2 aliphatic heterocycles. The van der Waals surface area contributed by atoms with Crippen molar-refractivity contribution in [3.05, 3.63) is 65.7 Å². The van der Waals surface area contributed by atoms with Crippen LogP contribution in [0.3, 0.4) is 0 Å². The van der Waals surface area contributed by atoms with Gasteiger partial charge in [-0.15, -0.1) is 12.4 Å². The zero-order valence-corrected chi connectivity index (χ0v) is 18.3. The lowest BCUT2D eigenvalue weighted by atomic mass is 9.70. The summed E-state index contributed by atoms with van der Waals surface area (Å²) in [6.45, 7) is 2.72. The number of hydrogen-bond acceptors (Lipinski definition) is 2. The molecule has 0 radical (unpaired) electrons. The van der Waals surface area contributed by atoms with Crippen LogP contribution < -0.4 is 10.6 Å². The minimum absolute atomic E-state index is 0. The van der Waals surface area contributed by atoms with E-state index in [4.69, 9.17) is 0 Å². The topological polar surface area (TPSA) is 44.4 Å². The van der Waals surface area contributed by atoms with Crippen LogP contribution in [0.25, 0.3) is 0 Å². The van der Waals surface area contributed by atoms with Gasteiger partial charge < -0.3 is 10.6 Å². The van der Waals surface area contributed by atoms with E-state index in [1.807, 2.05) is 12.1 Å². The molecule has 2 amide bonds. The summed E-state index contributed by atoms with van der Waals surface area (Å²) in [5.41, 5.74) is 1.79. The Morgan fingerprint density at radius 1 is 1.00 bits per heavy atom. The van der Waals surface area contributed by atoms with Crippen molar-refractivity contribution < 1.29 is 13.6 Å². The van der Waals surface area contributed by atoms with Crippen LogP contribution in [-0.2, 0) is 6.42 Å². The molecule has 0 aromatic heterocycles. The third-order valence-electron chi connectivity index (χ3n) is 6.43. The van der Waals surface area contributed by atoms with Crippen LogP contribution in [0.2, 0.25) is 0 Å². The maximum Gasteiger partial charge on any atom is 0.319 e. The number of piperidine rings is 2. The largest absolute Gasteiger partial charge is 0.338 e. The van der Waals surface area contributed by atoms with Gasteiger partial charge >= 0.3 is 6.03 Å². The summed E-state index contributed by atoms with van der Waals surface area (Å²) in [5.74, 6) is 0.865. The van der Waals surface area contributed by atoms with Crippen LogP contribution in [0.4, 0.5) is 19.3 Å². The maximum absolute atomic E-state index is 13.2. The molecule has 168 valence electrons. The first-order valence-corrected chi connectivity index (χ1v) is 10.9. The summed E-state index contributed by atoms with van der Waals surface area (Å²) < 4.78 is 26.1. The van der Waals surface area contributed by atoms with Gasteiger partial charge in [-0.3, -0.25) is 4.90 Å². The number of rotatable bonds is 7. The number of carbonyl (C=O) groups is 1. The Morgan fingerprint density at radius 3 is 2.35 bits per heavy atom. The van der Waals surface area contributed by atoms with Crippen molar-refractivity contribution in [3.8, 4) is 0 Å². The molecule has 4 nitrogen and oxygen atoms in total. The summed E-state index contributed by atoms with van der Waals surface area (Å²) in [5, 5.41) is 5.60. The maximum atomic E-state index is 13.2. The SMILES string of the molecule is Cl.O=C(NCCCN1C[C@H]2CC[C@@H]1[C@H](Cc1ccc(F)cc1)C2)Nc1ccc(F)cc1. The van der Waals surface area contributed by atoms with Crippen molar-refractivity contribution >= 4 is 24.1 Å². The molecule has 31 heavy (non-hydrogen) atoms. The summed E-state index contributed by atoms with van der Waals surface area (Å²) in [7, 11) is 0. The van der Waals surface area contributed by atoms with Crippen molar-refractivity contribution in [3.63, 3.8) is 0 Å². The molecule has 5 rings (SSSR count). The Bertz CT molecular complexity index is 847. The lowest BCUT2D eigenvalue weighted by Crippen LogP contribution is -2.54. The van der Waals surface area contributed by atoms with Gasteiger partial charge in [0.05, 0.1) is 0 Å². The number of nitrogens with zero attached hydrogens (tertiary/aromatic N) is 1. The highest BCUT2D eigenvalue weighted by Crippen LogP contribution is 2.40. The monoisotopic (exact) mass is 449 g/mol. The summed E-state index contributed by atoms with van der Waals surface area (Å²) in [6.07, 6.45) is 5.70. The molecule has 7 heteroatoms. The first kappa shape index (κ1) is 23.5. The molecule has 0 spiro atoms. The van der Waals surface area contributed by atoms with Crippen molar-refractivity contribution in [1.29, 1.82) is 0 Å². The molecule has 2 aromatic rings. The average Bonchev–Trinajstić information content (AvgIpc) is 2.75. The lowest BCUT2D eigenvalue weighted by Gasteiger charge is -2.50. The summed E-state index contributed by atoms with van der Waals surface area (Å²) >= 11 is 0. The number of fused-ring (bicyclic) bond motifs is 3. The van der Waals surface area contributed by atoms with Gasteiger partial charge in [0.2, 0.25) is 0 Å². The Labute approximate surface area is 188 Å². The van der Waals surface area contributed by atoms with Crippen LogP contribution >= 0.6 is 12.4 Å². The molecule has 2 saturated heterocycles. The van der Waals surface area contributed by atoms with E-state index < -0.39 is 0 Å². The highest BCUT2D eigenvalue weighted by Gasteiger charge is 2.40. The average molecular weight is 450 g/mol. The molecule has 3 aliphatic rings. The molecule has 2 heterocycles. The van der Waals surface area contributed by atoms with Crippen LogP contribution in [0, 0.1) is 23.5 Å². The molecule has 2 aromatic carbocycles. The van der Waals surface area contributed by atoms with E-state index in [0.717, 1.165) is 31.8 Å². The quantitative estimate of drug-likeness (QED) is 0.567. The molecule has 2 bridgehead atoms. The van der Waals surface area contributed by atoms with Crippen LogP contribution in [0.15, 0.2) is 48.5 Å². The van der Waals surface area contributed by atoms with Crippen LogP contribution in [0.5, 0.6) is 0 Å². The predicted octanol–water partition coefficient (Wildman–Crippen LogP) is 5.24. The number of carbonyl (C=O) groups excluding carboxylic acids is 1. The zero-order valence-electron chi connectivity index (χ0n) is 17.5. The number of benzene rings is 2. The molecule has 2 N–H and O–H groups in total. The number of anilines is 1. The van der Waals surface area contributed by atoms with Gasteiger partial charge in [0.25, 0.3) is 0 Å². The van der Waals surface area contributed by atoms with Crippen LogP contribution in [-0.4, -0.2) is 36.6 Å². The van der Waals surface area contributed by atoms with E-state index in [1.54, 1.807) is 24.3 Å². The summed E-state index contributed by atoms with van der Waals surface area (Å²) in [6, 6.07) is 13.0. The Hall–Kier alpha value is -2.18. The van der Waals surface area contributed by atoms with Crippen LogP contribution in [0.1, 0.15) is 31.2 Å². The molecule has 3 atom stereocenters. The second-order valence-electron chi connectivity index (χ2n) is 8.57. The summed E-state index contributed by atoms with van der Waals surface area (Å²) in [4.78, 5) is 14.6. The molecule has 3 fully saturated rings. The number of hydrogen-bond donors (Lipinski definition) is 2. The standard InChI is InChI=1S/C24H29F2N3O.ClH/c25-20-5-2-17(3-6-20)14-19-15-18-4-11-23(19)29(16-18)13-1-12-27-24(30)28-22-9-7-21(26)8-10-22;/h2-3,5-10,18-19,23H,1,4,11-16H2,(H2,27,28,30);1H/t18-,19+,23+;/m0./s1. The first-order chi connectivity index (χ1) is 14.6. The second-order valence-corrected chi connectivity index (χ2v) is 8.57. The van der Waals surface area contributed by atoms with Crippen molar-refractivity contribution in [1.82, 2.24) is 10.2 Å². The number of nitrogens with one attached hydrogen (secondary N) is 2. The van der Waals surface area contributed by atoms with Gasteiger partial charge in [0, 0.05) is 31.4 Å². The van der Waals surface area contributed by atoms with E-state index in [2.05, 4.69) is 15.5 Å². The molecule has 0 unspecified atom stereocenters. The smallest absolute Gasteiger partial charge is 0.319 e. The van der Waals surface area contributed by atoms with E-state index >= 15 is 0 Å². The Morgan fingerprint density at radius 2 is 1.68 bits per heavy atom. The first-order valence-electron chi connectivity index (χ1n) is 10.9. The third-order valence-corrected chi connectivity index (χ3v) is 6.43. The minimum atomic E-state index is -0.325. The lowest BCUT2D eigenvalue weighted by molar-refractivity contribution is 0.000976. The van der Waals surface area contributed by atoms with Gasteiger partial charge in [0.1, 0.15) is 11.6 Å². The van der Waals surface area contributed by atoms with Gasteiger partial charge in [-0.05, 0) is 85.9 Å². The molecular formula is C24H30ClF2N3O. The van der Waals surface area contributed by atoms with E-state index in [-0.39, 0.29) is 30.1 Å². The highest BCUT2D eigenvalue weighted by atomic mass is 35.5. The van der Waals surface area contributed by atoms with Crippen molar-refractivity contribution in [2.45, 2.75) is 38.1 Å². The fraction of sp³-hybridized carbons (Fsp3) is 0.458. The molecule has 1 aliphatic carbocycles. The molecular weight excluding hydrogens is 420 g/mol. The third kappa shape index (κ3) is 6.40. The van der Waals surface area contributed by atoms with Gasteiger partial charge in [-0.2, -0.15) is 0 Å². The van der Waals surface area contributed by atoms with Crippen molar-refractivity contribution in [2.75, 3.05) is 25.0 Å². The highest BCUT2D eigenvalue weighted by molar-refractivity contribution is 5.89. The Balaban J connectivity index is 0.00000272. The second kappa shape index (κ2) is 10.9.